The summed E-state index contributed by atoms with van der Waals surface area (Å²) in [6, 6.07) is -0.777. The van der Waals surface area contributed by atoms with E-state index in [1.165, 1.54) is 20.8 Å². The molecule has 8 nitrogen and oxygen atoms in total. The maximum Gasteiger partial charge on any atom is 0.417 e. The van der Waals surface area contributed by atoms with Gasteiger partial charge in [-0.3, -0.25) is 14.6 Å². The van der Waals surface area contributed by atoms with Gasteiger partial charge in [-0.15, -0.1) is 0 Å². The van der Waals surface area contributed by atoms with Gasteiger partial charge in [0.05, 0.1) is 21.7 Å². The van der Waals surface area contributed by atoms with Crippen molar-refractivity contribution in [2.75, 3.05) is 18.4 Å². The molecule has 1 saturated heterocycles. The number of carbonyl (C=O) groups is 2. The van der Waals surface area contributed by atoms with E-state index >= 15 is 0 Å². The van der Waals surface area contributed by atoms with Crippen LogP contribution in [-0.4, -0.2) is 74.2 Å². The summed E-state index contributed by atoms with van der Waals surface area (Å²) >= 11 is 5.49. The van der Waals surface area contributed by atoms with Crippen LogP contribution in [0.15, 0.2) is 17.3 Å². The van der Waals surface area contributed by atoms with Crippen LogP contribution in [0.5, 0.6) is 0 Å². The lowest BCUT2D eigenvalue weighted by atomic mass is 9.80. The number of carbonyl (C=O) groups excluding carboxylic acids is 2. The van der Waals surface area contributed by atoms with Gasteiger partial charge in [0.1, 0.15) is 5.82 Å². The summed E-state index contributed by atoms with van der Waals surface area (Å²) in [5.74, 6) is -0.763. The molecule has 12 heteroatoms. The van der Waals surface area contributed by atoms with Gasteiger partial charge < -0.3 is 20.6 Å². The summed E-state index contributed by atoms with van der Waals surface area (Å²) < 4.78 is 42.8. The smallest absolute Gasteiger partial charge is 0.389 e. The van der Waals surface area contributed by atoms with E-state index in [2.05, 4.69) is 20.6 Å². The number of aliphatic imine (C=N–C) groups is 1. The van der Waals surface area contributed by atoms with E-state index in [1.807, 2.05) is 13.8 Å². The van der Waals surface area contributed by atoms with Gasteiger partial charge in [0.15, 0.2) is 6.04 Å². The zero-order valence-corrected chi connectivity index (χ0v) is 23.9. The molecule has 1 aliphatic heterocycles. The van der Waals surface area contributed by atoms with Crippen LogP contribution in [0.4, 0.5) is 19.0 Å². The lowest BCUT2D eigenvalue weighted by Gasteiger charge is -2.32. The lowest BCUT2D eigenvalue weighted by Crippen LogP contribution is -2.45. The summed E-state index contributed by atoms with van der Waals surface area (Å²) in [5, 5.41) is 15.5. The van der Waals surface area contributed by atoms with Gasteiger partial charge in [0, 0.05) is 36.9 Å². The molecule has 2 amide bonds. The first-order valence-electron chi connectivity index (χ1n) is 13.3. The molecule has 1 saturated carbocycles. The van der Waals surface area contributed by atoms with E-state index < -0.39 is 40.8 Å². The maximum atomic E-state index is 14.3. The van der Waals surface area contributed by atoms with Crippen molar-refractivity contribution in [2.45, 2.75) is 96.6 Å². The molecule has 0 aromatic carbocycles. The Morgan fingerprint density at radius 2 is 1.92 bits per heavy atom. The number of anilines is 1. The number of aliphatic hydroxyl groups is 1. The average Bonchev–Trinajstić information content (AvgIpc) is 3.23. The van der Waals surface area contributed by atoms with Crippen molar-refractivity contribution in [2.24, 2.45) is 10.9 Å². The Labute approximate surface area is 232 Å². The minimum atomic E-state index is -4.77. The summed E-state index contributed by atoms with van der Waals surface area (Å²) in [6.07, 6.45) is 0.893. The number of thiocarbonyl (C=S) groups is 1. The van der Waals surface area contributed by atoms with Gasteiger partial charge in [-0.05, 0) is 72.3 Å². The van der Waals surface area contributed by atoms with Crippen molar-refractivity contribution >= 4 is 40.4 Å². The molecule has 2 aliphatic rings. The molecule has 2 heterocycles. The highest BCUT2D eigenvalue weighted by Gasteiger charge is 2.40. The van der Waals surface area contributed by atoms with Crippen molar-refractivity contribution in [1.29, 1.82) is 0 Å². The number of nitrogens with zero attached hydrogens (tertiary/aromatic N) is 3. The van der Waals surface area contributed by atoms with Crippen LogP contribution in [0.3, 0.4) is 0 Å². The molecule has 216 valence electrons. The fraction of sp³-hybridized carbons (Fsp3) is 0.667. The van der Waals surface area contributed by atoms with E-state index in [9.17, 15) is 27.9 Å². The molecule has 3 atom stereocenters. The van der Waals surface area contributed by atoms with Gasteiger partial charge in [-0.2, -0.15) is 13.2 Å². The molecule has 39 heavy (non-hydrogen) atoms. The second-order valence-electron chi connectivity index (χ2n) is 11.2. The van der Waals surface area contributed by atoms with Crippen LogP contribution in [0.1, 0.15) is 77.8 Å². The van der Waals surface area contributed by atoms with Crippen LogP contribution in [0, 0.1) is 5.92 Å². The normalized spacial score (nSPS) is 20.3. The number of alkyl halides is 3. The predicted molar refractivity (Wildman–Crippen MR) is 148 cm³/mol. The Kier molecular flexibility index (Phi) is 9.74. The Morgan fingerprint density at radius 1 is 1.26 bits per heavy atom. The summed E-state index contributed by atoms with van der Waals surface area (Å²) in [7, 11) is 0. The minimum Gasteiger partial charge on any atom is -0.389 e. The Hall–Kier alpha value is -2.60. The van der Waals surface area contributed by atoms with Crippen LogP contribution >= 0.6 is 12.2 Å². The topological polar surface area (TPSA) is 107 Å². The number of halogens is 3. The van der Waals surface area contributed by atoms with E-state index in [-0.39, 0.29) is 35.0 Å². The van der Waals surface area contributed by atoms with Gasteiger partial charge >= 0.3 is 6.18 Å². The molecule has 1 aromatic heterocycles. The zero-order valence-electron chi connectivity index (χ0n) is 23.1. The number of rotatable bonds is 10. The lowest BCUT2D eigenvalue weighted by molar-refractivity contribution is -0.138. The first-order chi connectivity index (χ1) is 18.1. The van der Waals surface area contributed by atoms with Crippen molar-refractivity contribution in [1.82, 2.24) is 15.2 Å². The number of hydrogen-bond acceptors (Lipinski definition) is 7. The third-order valence-electron chi connectivity index (χ3n) is 7.36. The summed E-state index contributed by atoms with van der Waals surface area (Å²) in [5.41, 5.74) is -2.76. The quantitative estimate of drug-likeness (QED) is 0.222. The maximum absolute atomic E-state index is 14.3. The largest absolute Gasteiger partial charge is 0.417 e. The summed E-state index contributed by atoms with van der Waals surface area (Å²) in [6.45, 7) is 8.48. The molecule has 0 bridgehead atoms. The Bertz CT molecular complexity index is 1110. The first-order valence-corrected chi connectivity index (χ1v) is 13.7. The molecular formula is C27H38F3N5O3S. The van der Waals surface area contributed by atoms with Crippen molar-refractivity contribution in [3.63, 3.8) is 0 Å². The summed E-state index contributed by atoms with van der Waals surface area (Å²) in [4.78, 5) is 35.8. The van der Waals surface area contributed by atoms with E-state index in [4.69, 9.17) is 12.2 Å². The second kappa shape index (κ2) is 12.3. The average molecular weight is 570 g/mol. The van der Waals surface area contributed by atoms with E-state index in [1.54, 1.807) is 4.90 Å². The molecule has 0 radical (unpaired) electrons. The first kappa shape index (κ1) is 30.9. The second-order valence-corrected chi connectivity index (χ2v) is 11.7. The number of likely N-dealkylation sites (tertiary alicyclic amines) is 1. The van der Waals surface area contributed by atoms with Crippen molar-refractivity contribution in [3.05, 3.63) is 23.4 Å². The highest BCUT2D eigenvalue weighted by atomic mass is 32.1. The number of pyridine rings is 1. The molecule has 2 fully saturated rings. The molecule has 1 unspecified atom stereocenters. The third kappa shape index (κ3) is 7.97. The molecule has 3 rings (SSSR count). The Morgan fingerprint density at radius 3 is 2.44 bits per heavy atom. The van der Waals surface area contributed by atoms with Gasteiger partial charge in [-0.1, -0.05) is 18.6 Å². The highest BCUT2D eigenvalue weighted by Crippen LogP contribution is 2.36. The third-order valence-corrected chi connectivity index (χ3v) is 7.80. The standard InChI is InChI=1S/C27H38F3N5O3S/c1-15-8-7-11-35(15)25(37)22(34-17(3)24(36)32-14-26(4,5)38)23(39)19-13-31-21(12-20(19)27(28,29)30)33-16(2)18-9-6-10-18/h12-13,15-16,18,22,38H,6-11,14H2,1-5H3,(H,31,33)(H,32,36)/b34-17+/t15-,16+,22?/m0/s1. The molecule has 1 aliphatic carbocycles. The molecule has 1 aromatic rings. The van der Waals surface area contributed by atoms with Gasteiger partial charge in [0.25, 0.3) is 11.8 Å². The van der Waals surface area contributed by atoms with E-state index in [0.717, 1.165) is 44.4 Å². The number of hydrogen-bond donors (Lipinski definition) is 3. The molecule has 3 N–H and O–H groups in total. The van der Waals surface area contributed by atoms with Crippen LogP contribution in [-0.2, 0) is 15.8 Å². The molecular weight excluding hydrogens is 531 g/mol. The number of nitrogens with one attached hydrogen (secondary N) is 2. The van der Waals surface area contributed by atoms with Crippen LogP contribution < -0.4 is 10.6 Å². The van der Waals surface area contributed by atoms with Crippen LogP contribution in [0.2, 0.25) is 0 Å². The number of amides is 2. The van der Waals surface area contributed by atoms with Crippen molar-refractivity contribution < 1.29 is 27.9 Å². The number of aromatic nitrogens is 1. The zero-order chi connectivity index (χ0) is 29.1. The van der Waals surface area contributed by atoms with E-state index in [0.29, 0.717) is 12.5 Å². The monoisotopic (exact) mass is 569 g/mol. The SMILES string of the molecule is C/C(=N\C(C(=O)N1CCC[C@@H]1C)C(=S)c1cnc(N[C@H](C)C2CCC2)cc1C(F)(F)F)C(=O)NCC(C)(C)O. The molecule has 0 spiro atoms. The fourth-order valence-corrected chi connectivity index (χ4v) is 5.04. The van der Waals surface area contributed by atoms with Crippen LogP contribution in [0.25, 0.3) is 0 Å². The Balaban J connectivity index is 1.97. The van der Waals surface area contributed by atoms with Crippen molar-refractivity contribution in [3.8, 4) is 0 Å². The minimum absolute atomic E-state index is 0.0363. The van der Waals surface area contributed by atoms with Gasteiger partial charge in [-0.25, -0.2) is 4.98 Å². The highest BCUT2D eigenvalue weighted by molar-refractivity contribution is 7.81. The predicted octanol–water partition coefficient (Wildman–Crippen LogP) is 4.15. The van der Waals surface area contributed by atoms with Gasteiger partial charge in [0.2, 0.25) is 0 Å². The fourth-order valence-electron chi connectivity index (χ4n) is 4.72.